The molecule has 1 atom stereocenters. The Hall–Kier alpha value is -2.05. The molecule has 1 aliphatic rings. The zero-order chi connectivity index (χ0) is 17.2. The Kier molecular flexibility index (Phi) is 4.78. The molecule has 2 aromatic carbocycles. The van der Waals surface area contributed by atoms with Gasteiger partial charge in [0, 0.05) is 29.6 Å². The van der Waals surface area contributed by atoms with Crippen molar-refractivity contribution in [3.8, 4) is 11.5 Å². The van der Waals surface area contributed by atoms with Crippen molar-refractivity contribution in [3.63, 3.8) is 0 Å². The minimum absolute atomic E-state index is 0.135. The van der Waals surface area contributed by atoms with Crippen molar-refractivity contribution in [3.05, 3.63) is 54.6 Å². The van der Waals surface area contributed by atoms with E-state index in [-0.39, 0.29) is 24.0 Å². The number of carbonyl (C=O) groups is 1. The van der Waals surface area contributed by atoms with Gasteiger partial charge >= 0.3 is 0 Å². The third-order valence-corrected chi connectivity index (χ3v) is 5.01. The topological polar surface area (TPSA) is 63.7 Å². The van der Waals surface area contributed by atoms with Crippen LogP contribution in [0.4, 0.5) is 5.69 Å². The number of hydrogen-bond acceptors (Lipinski definition) is 4. The van der Waals surface area contributed by atoms with Crippen LogP contribution >= 0.6 is 10.7 Å². The summed E-state index contributed by atoms with van der Waals surface area (Å²) in [5.74, 6) is 0.551. The Balaban J connectivity index is 1.83. The van der Waals surface area contributed by atoms with Crippen LogP contribution in [0, 0.1) is 5.92 Å². The van der Waals surface area contributed by atoms with Crippen molar-refractivity contribution in [1.82, 2.24) is 0 Å². The van der Waals surface area contributed by atoms with Gasteiger partial charge in [-0.05, 0) is 24.3 Å². The van der Waals surface area contributed by atoms with E-state index in [1.807, 2.05) is 42.5 Å². The molecule has 1 heterocycles. The first-order valence-electron chi connectivity index (χ1n) is 7.47. The molecule has 126 valence electrons. The molecule has 0 aromatic heterocycles. The van der Waals surface area contributed by atoms with Crippen LogP contribution in [0.1, 0.15) is 6.42 Å². The summed E-state index contributed by atoms with van der Waals surface area (Å²) in [6.45, 7) is 0.306. The average molecular weight is 366 g/mol. The predicted octanol–water partition coefficient (Wildman–Crippen LogP) is 3.40. The van der Waals surface area contributed by atoms with E-state index in [1.165, 1.54) is 0 Å². The Morgan fingerprint density at radius 1 is 1.08 bits per heavy atom. The van der Waals surface area contributed by atoms with Crippen LogP contribution in [0.5, 0.6) is 11.5 Å². The number of carbonyl (C=O) groups excluding carboxylic acids is 1. The van der Waals surface area contributed by atoms with Gasteiger partial charge < -0.3 is 9.64 Å². The first-order chi connectivity index (χ1) is 11.4. The Bertz CT molecular complexity index is 839. The maximum absolute atomic E-state index is 12.3. The summed E-state index contributed by atoms with van der Waals surface area (Å²) in [6.07, 6.45) is 0.158. The van der Waals surface area contributed by atoms with Crippen molar-refractivity contribution in [2.24, 2.45) is 5.92 Å². The first-order valence-corrected chi connectivity index (χ1v) is 9.95. The lowest BCUT2D eigenvalue weighted by molar-refractivity contribution is -0.117. The quantitative estimate of drug-likeness (QED) is 0.762. The number of para-hydroxylation sites is 3. The van der Waals surface area contributed by atoms with Gasteiger partial charge in [-0.3, -0.25) is 4.79 Å². The molecular weight excluding hydrogens is 350 g/mol. The summed E-state index contributed by atoms with van der Waals surface area (Å²) in [6, 6.07) is 16.5. The Morgan fingerprint density at radius 3 is 2.46 bits per heavy atom. The molecule has 7 heteroatoms. The number of halogens is 1. The molecule has 1 fully saturated rings. The van der Waals surface area contributed by atoms with Crippen molar-refractivity contribution in [2.45, 2.75) is 6.42 Å². The first kappa shape index (κ1) is 16.8. The molecule has 0 N–H and O–H groups in total. The van der Waals surface area contributed by atoms with E-state index < -0.39 is 9.05 Å². The van der Waals surface area contributed by atoms with E-state index in [0.717, 1.165) is 0 Å². The molecule has 24 heavy (non-hydrogen) atoms. The number of amides is 1. The minimum Gasteiger partial charge on any atom is -0.455 e. The van der Waals surface area contributed by atoms with Crippen LogP contribution in [0.15, 0.2) is 54.6 Å². The molecule has 1 saturated heterocycles. The highest BCUT2D eigenvalue weighted by Crippen LogP contribution is 2.36. The molecule has 1 aliphatic heterocycles. The number of benzene rings is 2. The highest BCUT2D eigenvalue weighted by molar-refractivity contribution is 8.13. The highest BCUT2D eigenvalue weighted by atomic mass is 35.7. The van der Waals surface area contributed by atoms with Gasteiger partial charge in [0.05, 0.1) is 11.4 Å². The predicted molar refractivity (Wildman–Crippen MR) is 93.1 cm³/mol. The third-order valence-electron chi connectivity index (χ3n) is 3.77. The molecule has 0 spiro atoms. The summed E-state index contributed by atoms with van der Waals surface area (Å²) in [5, 5.41) is 0. The summed E-state index contributed by atoms with van der Waals surface area (Å²) in [7, 11) is 1.68. The van der Waals surface area contributed by atoms with Crippen LogP contribution in [-0.2, 0) is 13.8 Å². The summed E-state index contributed by atoms with van der Waals surface area (Å²) in [4.78, 5) is 13.9. The highest BCUT2D eigenvalue weighted by Gasteiger charge is 2.34. The van der Waals surface area contributed by atoms with Crippen molar-refractivity contribution < 1.29 is 17.9 Å². The molecular formula is C17H16ClNO4S. The molecule has 3 rings (SSSR count). The molecule has 1 unspecified atom stereocenters. The number of hydrogen-bond donors (Lipinski definition) is 0. The third kappa shape index (κ3) is 4.07. The van der Waals surface area contributed by atoms with Gasteiger partial charge in [0.2, 0.25) is 15.0 Å². The second-order valence-corrected chi connectivity index (χ2v) is 8.48. The van der Waals surface area contributed by atoms with E-state index in [0.29, 0.717) is 23.7 Å². The van der Waals surface area contributed by atoms with Gasteiger partial charge in [-0.1, -0.05) is 30.3 Å². The molecule has 0 bridgehead atoms. The van der Waals surface area contributed by atoms with E-state index in [9.17, 15) is 13.2 Å². The molecule has 0 radical (unpaired) electrons. The fourth-order valence-electron chi connectivity index (χ4n) is 2.79. The van der Waals surface area contributed by atoms with Gasteiger partial charge in [-0.2, -0.15) is 0 Å². The summed E-state index contributed by atoms with van der Waals surface area (Å²) < 4.78 is 28.4. The van der Waals surface area contributed by atoms with Crippen LogP contribution in [-0.4, -0.2) is 26.6 Å². The van der Waals surface area contributed by atoms with Gasteiger partial charge in [0.25, 0.3) is 0 Å². The summed E-state index contributed by atoms with van der Waals surface area (Å²) in [5.41, 5.74) is 0.626. The Labute approximate surface area is 145 Å². The normalized spacial score (nSPS) is 18.0. The van der Waals surface area contributed by atoms with Gasteiger partial charge in [-0.15, -0.1) is 0 Å². The Morgan fingerprint density at radius 2 is 1.75 bits per heavy atom. The zero-order valence-corrected chi connectivity index (χ0v) is 14.3. The van der Waals surface area contributed by atoms with E-state index in [1.54, 1.807) is 17.0 Å². The SMILES string of the molecule is O=C1CC(CS(=O)(=O)Cl)CN1c1ccccc1Oc1ccccc1. The lowest BCUT2D eigenvalue weighted by atomic mass is 10.1. The number of ether oxygens (including phenoxy) is 1. The molecule has 1 amide bonds. The largest absolute Gasteiger partial charge is 0.455 e. The molecule has 0 aliphatic carbocycles. The van der Waals surface area contributed by atoms with Crippen LogP contribution < -0.4 is 9.64 Å². The maximum Gasteiger partial charge on any atom is 0.232 e. The minimum atomic E-state index is -3.63. The van der Waals surface area contributed by atoms with Gasteiger partial charge in [0.1, 0.15) is 5.75 Å². The van der Waals surface area contributed by atoms with Crippen LogP contribution in [0.2, 0.25) is 0 Å². The lowest BCUT2D eigenvalue weighted by Crippen LogP contribution is -2.25. The van der Waals surface area contributed by atoms with Gasteiger partial charge in [-0.25, -0.2) is 8.42 Å². The van der Waals surface area contributed by atoms with E-state index >= 15 is 0 Å². The molecule has 5 nitrogen and oxygen atoms in total. The van der Waals surface area contributed by atoms with Crippen LogP contribution in [0.3, 0.4) is 0 Å². The lowest BCUT2D eigenvalue weighted by Gasteiger charge is -2.20. The average Bonchev–Trinajstić information content (AvgIpc) is 2.87. The smallest absolute Gasteiger partial charge is 0.232 e. The number of rotatable bonds is 5. The second-order valence-electron chi connectivity index (χ2n) is 5.66. The number of nitrogens with zero attached hydrogens (tertiary/aromatic N) is 1. The second kappa shape index (κ2) is 6.83. The maximum atomic E-state index is 12.3. The summed E-state index contributed by atoms with van der Waals surface area (Å²) >= 11 is 0. The fourth-order valence-corrected chi connectivity index (χ4v) is 4.11. The molecule has 2 aromatic rings. The van der Waals surface area contributed by atoms with Gasteiger partial charge in [0.15, 0.2) is 5.75 Å². The standard InChI is InChI=1S/C17H16ClNO4S/c18-24(21,22)12-13-10-17(20)19(11-13)15-8-4-5-9-16(15)23-14-6-2-1-3-7-14/h1-9,13H,10-12H2. The van der Waals surface area contributed by atoms with E-state index in [2.05, 4.69) is 0 Å². The van der Waals surface area contributed by atoms with Crippen molar-refractivity contribution in [2.75, 3.05) is 17.2 Å². The molecule has 0 saturated carbocycles. The monoisotopic (exact) mass is 365 g/mol. The van der Waals surface area contributed by atoms with Crippen molar-refractivity contribution >= 4 is 31.3 Å². The van der Waals surface area contributed by atoms with Crippen molar-refractivity contribution in [1.29, 1.82) is 0 Å². The number of anilines is 1. The van der Waals surface area contributed by atoms with E-state index in [4.69, 9.17) is 15.4 Å². The van der Waals surface area contributed by atoms with Crippen LogP contribution in [0.25, 0.3) is 0 Å². The fraction of sp³-hybridized carbons (Fsp3) is 0.235. The zero-order valence-electron chi connectivity index (χ0n) is 12.8.